The van der Waals surface area contributed by atoms with Gasteiger partial charge in [0, 0.05) is 16.7 Å². The van der Waals surface area contributed by atoms with E-state index in [0.29, 0.717) is 17.0 Å². The number of carbonyl (C=O) groups is 3. The number of anilines is 1. The third-order valence-corrected chi connectivity index (χ3v) is 4.38. The lowest BCUT2D eigenvalue weighted by molar-refractivity contribution is -0.383. The highest BCUT2D eigenvalue weighted by Crippen LogP contribution is 2.23. The Balaban J connectivity index is 1.98. The molecule has 0 radical (unpaired) electrons. The lowest BCUT2D eigenvalue weighted by Crippen LogP contribution is -2.43. The highest BCUT2D eigenvalue weighted by Gasteiger charge is 2.25. The van der Waals surface area contributed by atoms with Crippen molar-refractivity contribution >= 4 is 40.8 Å². The van der Waals surface area contributed by atoms with Crippen LogP contribution in [0.4, 0.5) is 11.4 Å². The number of rotatable bonds is 9. The van der Waals surface area contributed by atoms with Crippen molar-refractivity contribution in [3.05, 3.63) is 69.2 Å². The van der Waals surface area contributed by atoms with E-state index in [1.54, 1.807) is 12.1 Å². The van der Waals surface area contributed by atoms with E-state index in [1.807, 2.05) is 13.8 Å². The molecule has 0 fully saturated rings. The Hall–Kier alpha value is -3.46. The van der Waals surface area contributed by atoms with Gasteiger partial charge in [-0.3, -0.25) is 19.7 Å². The van der Waals surface area contributed by atoms with E-state index in [-0.39, 0.29) is 17.3 Å². The standard InChI is InChI=1S/C21H22ClN3O6/c1-13(2)11-17(24-20(27)14-7-9-15(22)10-8-14)21(28)31-12-19(26)23-16-5-3-4-6-18(16)25(29)30/h3-10,13,17H,11-12H2,1-2H3,(H,23,26)(H,24,27). The van der Waals surface area contributed by atoms with E-state index in [1.165, 1.54) is 36.4 Å². The van der Waals surface area contributed by atoms with Gasteiger partial charge in [-0.2, -0.15) is 0 Å². The van der Waals surface area contributed by atoms with E-state index in [0.717, 1.165) is 0 Å². The van der Waals surface area contributed by atoms with Crippen molar-refractivity contribution < 1.29 is 24.0 Å². The second kappa shape index (κ2) is 11.1. The lowest BCUT2D eigenvalue weighted by atomic mass is 10.0. The molecule has 2 rings (SSSR count). The number of nitrogens with one attached hydrogen (secondary N) is 2. The highest BCUT2D eigenvalue weighted by molar-refractivity contribution is 6.30. The van der Waals surface area contributed by atoms with Crippen LogP contribution < -0.4 is 10.6 Å². The molecule has 0 aromatic heterocycles. The van der Waals surface area contributed by atoms with Crippen molar-refractivity contribution in [1.82, 2.24) is 5.32 Å². The predicted octanol–water partition coefficient (Wildman–Crippen LogP) is 3.57. The first-order chi connectivity index (χ1) is 14.7. The fourth-order valence-electron chi connectivity index (χ4n) is 2.69. The van der Waals surface area contributed by atoms with Crippen LogP contribution >= 0.6 is 11.6 Å². The number of nitro groups is 1. The molecule has 10 heteroatoms. The summed E-state index contributed by atoms with van der Waals surface area (Å²) in [4.78, 5) is 47.4. The molecule has 1 atom stereocenters. The number of para-hydroxylation sites is 2. The molecule has 0 saturated heterocycles. The maximum atomic E-state index is 12.5. The maximum absolute atomic E-state index is 12.5. The van der Waals surface area contributed by atoms with Gasteiger partial charge in [-0.1, -0.05) is 37.6 Å². The van der Waals surface area contributed by atoms with Gasteiger partial charge in [0.1, 0.15) is 11.7 Å². The summed E-state index contributed by atoms with van der Waals surface area (Å²) in [6.45, 7) is 3.09. The Morgan fingerprint density at radius 2 is 1.74 bits per heavy atom. The summed E-state index contributed by atoms with van der Waals surface area (Å²) in [5.74, 6) is -1.95. The van der Waals surface area contributed by atoms with Crippen LogP contribution in [0.3, 0.4) is 0 Å². The number of hydrogen-bond acceptors (Lipinski definition) is 6. The summed E-state index contributed by atoms with van der Waals surface area (Å²) < 4.78 is 5.04. The van der Waals surface area contributed by atoms with Gasteiger partial charge in [0.15, 0.2) is 6.61 Å². The first kappa shape index (κ1) is 23.8. The van der Waals surface area contributed by atoms with Gasteiger partial charge < -0.3 is 15.4 Å². The van der Waals surface area contributed by atoms with Crippen LogP contribution in [0.2, 0.25) is 5.02 Å². The topological polar surface area (TPSA) is 128 Å². The van der Waals surface area contributed by atoms with Gasteiger partial charge in [-0.15, -0.1) is 0 Å². The smallest absolute Gasteiger partial charge is 0.329 e. The number of halogens is 1. The molecule has 0 aliphatic rings. The Labute approximate surface area is 183 Å². The molecule has 31 heavy (non-hydrogen) atoms. The Kier molecular flexibility index (Phi) is 8.51. The Morgan fingerprint density at radius 3 is 2.35 bits per heavy atom. The fraction of sp³-hybridized carbons (Fsp3) is 0.286. The average molecular weight is 448 g/mol. The average Bonchev–Trinajstić information content (AvgIpc) is 2.71. The number of nitro benzene ring substituents is 1. The van der Waals surface area contributed by atoms with Gasteiger partial charge in [0.2, 0.25) is 0 Å². The molecule has 0 saturated carbocycles. The van der Waals surface area contributed by atoms with E-state index in [2.05, 4.69) is 10.6 Å². The minimum atomic E-state index is -0.970. The lowest BCUT2D eigenvalue weighted by Gasteiger charge is -2.19. The molecule has 2 amide bonds. The van der Waals surface area contributed by atoms with Gasteiger partial charge in [-0.05, 0) is 42.7 Å². The molecule has 2 aromatic rings. The van der Waals surface area contributed by atoms with E-state index < -0.39 is 35.4 Å². The largest absolute Gasteiger partial charge is 0.454 e. The number of ether oxygens (including phenoxy) is 1. The number of benzene rings is 2. The second-order valence-corrected chi connectivity index (χ2v) is 7.53. The normalized spacial score (nSPS) is 11.5. The molecule has 164 valence electrons. The molecule has 0 heterocycles. The summed E-state index contributed by atoms with van der Waals surface area (Å²) in [5, 5.41) is 16.4. The van der Waals surface area contributed by atoms with Crippen molar-refractivity contribution in [2.45, 2.75) is 26.3 Å². The van der Waals surface area contributed by atoms with Crippen LogP contribution in [0.25, 0.3) is 0 Å². The molecule has 0 aliphatic heterocycles. The summed E-state index contributed by atoms with van der Waals surface area (Å²) >= 11 is 5.82. The van der Waals surface area contributed by atoms with Crippen molar-refractivity contribution in [2.24, 2.45) is 5.92 Å². The molecule has 9 nitrogen and oxygen atoms in total. The summed E-state index contributed by atoms with van der Waals surface area (Å²) in [5.41, 5.74) is 0.0264. The number of amides is 2. The molecule has 2 N–H and O–H groups in total. The fourth-order valence-corrected chi connectivity index (χ4v) is 2.82. The summed E-state index contributed by atoms with van der Waals surface area (Å²) in [7, 11) is 0. The van der Waals surface area contributed by atoms with Crippen molar-refractivity contribution in [2.75, 3.05) is 11.9 Å². The van der Waals surface area contributed by atoms with Crippen molar-refractivity contribution in [3.8, 4) is 0 Å². The first-order valence-electron chi connectivity index (χ1n) is 9.43. The van der Waals surface area contributed by atoms with E-state index >= 15 is 0 Å². The first-order valence-corrected chi connectivity index (χ1v) is 9.81. The molecule has 1 unspecified atom stereocenters. The van der Waals surface area contributed by atoms with Gasteiger partial charge in [0.25, 0.3) is 17.5 Å². The SMILES string of the molecule is CC(C)CC(NC(=O)c1ccc(Cl)cc1)C(=O)OCC(=O)Nc1ccccc1[N+](=O)[O-]. The number of nitrogens with zero attached hydrogens (tertiary/aromatic N) is 1. The van der Waals surface area contributed by atoms with Gasteiger partial charge in [-0.25, -0.2) is 4.79 Å². The number of carbonyl (C=O) groups excluding carboxylic acids is 3. The number of hydrogen-bond donors (Lipinski definition) is 2. The predicted molar refractivity (Wildman–Crippen MR) is 115 cm³/mol. The summed E-state index contributed by atoms with van der Waals surface area (Å²) in [6, 6.07) is 10.8. The zero-order chi connectivity index (χ0) is 23.0. The number of esters is 1. The Bertz CT molecular complexity index is 962. The van der Waals surface area contributed by atoms with Crippen LogP contribution in [0.5, 0.6) is 0 Å². The zero-order valence-electron chi connectivity index (χ0n) is 17.0. The molecular formula is C21H22ClN3O6. The molecule has 0 spiro atoms. The monoisotopic (exact) mass is 447 g/mol. The molecule has 0 bridgehead atoms. The van der Waals surface area contributed by atoms with Crippen molar-refractivity contribution in [1.29, 1.82) is 0 Å². The van der Waals surface area contributed by atoms with Gasteiger partial charge in [0.05, 0.1) is 4.92 Å². The minimum Gasteiger partial charge on any atom is -0.454 e. The van der Waals surface area contributed by atoms with E-state index in [9.17, 15) is 24.5 Å². The van der Waals surface area contributed by atoms with Crippen LogP contribution in [0, 0.1) is 16.0 Å². The Morgan fingerprint density at radius 1 is 1.10 bits per heavy atom. The maximum Gasteiger partial charge on any atom is 0.329 e. The zero-order valence-corrected chi connectivity index (χ0v) is 17.7. The second-order valence-electron chi connectivity index (χ2n) is 7.09. The third-order valence-electron chi connectivity index (χ3n) is 4.12. The third kappa shape index (κ3) is 7.38. The van der Waals surface area contributed by atoms with Gasteiger partial charge >= 0.3 is 5.97 Å². The molecule has 2 aromatic carbocycles. The summed E-state index contributed by atoms with van der Waals surface area (Å²) in [6.07, 6.45) is 0.296. The van der Waals surface area contributed by atoms with Crippen LogP contribution in [0.1, 0.15) is 30.6 Å². The van der Waals surface area contributed by atoms with Crippen LogP contribution in [-0.4, -0.2) is 35.4 Å². The molecular weight excluding hydrogens is 426 g/mol. The quantitative estimate of drug-likeness (QED) is 0.343. The minimum absolute atomic E-state index is 0.0108. The van der Waals surface area contributed by atoms with Crippen molar-refractivity contribution in [3.63, 3.8) is 0 Å². The van der Waals surface area contributed by atoms with Crippen LogP contribution in [-0.2, 0) is 14.3 Å². The van der Waals surface area contributed by atoms with E-state index in [4.69, 9.17) is 16.3 Å². The molecule has 0 aliphatic carbocycles. The highest BCUT2D eigenvalue weighted by atomic mass is 35.5. The van der Waals surface area contributed by atoms with Crippen LogP contribution in [0.15, 0.2) is 48.5 Å².